The molecule has 0 saturated carbocycles. The van der Waals surface area contributed by atoms with Gasteiger partial charge in [0.25, 0.3) is 0 Å². The lowest BCUT2D eigenvalue weighted by Crippen LogP contribution is -2.30. The Balaban J connectivity index is 2.24. The number of aryl methyl sites for hydroxylation is 1. The maximum Gasteiger partial charge on any atom is 0.0798 e. The van der Waals surface area contributed by atoms with E-state index in [1.807, 2.05) is 5.51 Å². The lowest BCUT2D eigenvalue weighted by Gasteiger charge is -2.24. The standard InChI is InChI=1S/C14H27N3S/c1-11(2)15-8-6-7-12(3)17(5)9-14-13(4)16-10-18-14/h10-12,15H,6-9H2,1-5H3. The minimum Gasteiger partial charge on any atom is -0.315 e. The average Bonchev–Trinajstić information content (AvgIpc) is 2.70. The smallest absolute Gasteiger partial charge is 0.0798 e. The monoisotopic (exact) mass is 269 g/mol. The van der Waals surface area contributed by atoms with Crippen molar-refractivity contribution in [2.45, 2.75) is 59.2 Å². The van der Waals surface area contributed by atoms with Gasteiger partial charge in [0.15, 0.2) is 0 Å². The van der Waals surface area contributed by atoms with Gasteiger partial charge in [0.05, 0.1) is 11.2 Å². The number of hydrogen-bond donors (Lipinski definition) is 1. The van der Waals surface area contributed by atoms with E-state index in [-0.39, 0.29) is 0 Å². The van der Waals surface area contributed by atoms with Crippen molar-refractivity contribution < 1.29 is 0 Å². The molecule has 0 saturated heterocycles. The second-order valence-electron chi connectivity index (χ2n) is 5.38. The van der Waals surface area contributed by atoms with Crippen molar-refractivity contribution in [1.82, 2.24) is 15.2 Å². The molecule has 0 aliphatic carbocycles. The lowest BCUT2D eigenvalue weighted by molar-refractivity contribution is 0.235. The third-order valence-corrected chi connectivity index (χ3v) is 4.26. The summed E-state index contributed by atoms with van der Waals surface area (Å²) >= 11 is 1.76. The molecule has 1 aromatic heterocycles. The summed E-state index contributed by atoms with van der Waals surface area (Å²) in [6, 6.07) is 1.22. The quantitative estimate of drug-likeness (QED) is 0.735. The lowest BCUT2D eigenvalue weighted by atomic mass is 10.1. The van der Waals surface area contributed by atoms with Crippen molar-refractivity contribution >= 4 is 11.3 Å². The van der Waals surface area contributed by atoms with Crippen molar-refractivity contribution in [2.75, 3.05) is 13.6 Å². The van der Waals surface area contributed by atoms with Crippen LogP contribution >= 0.6 is 11.3 Å². The zero-order valence-corrected chi connectivity index (χ0v) is 13.2. The molecule has 3 nitrogen and oxygen atoms in total. The van der Waals surface area contributed by atoms with E-state index in [0.717, 1.165) is 13.1 Å². The predicted molar refractivity (Wildman–Crippen MR) is 80.2 cm³/mol. The van der Waals surface area contributed by atoms with Gasteiger partial charge in [-0.3, -0.25) is 4.90 Å². The highest BCUT2D eigenvalue weighted by Gasteiger charge is 2.11. The van der Waals surface area contributed by atoms with Crippen molar-refractivity contribution in [1.29, 1.82) is 0 Å². The van der Waals surface area contributed by atoms with Gasteiger partial charge >= 0.3 is 0 Å². The van der Waals surface area contributed by atoms with E-state index in [1.165, 1.54) is 23.4 Å². The predicted octanol–water partition coefficient (Wildman–Crippen LogP) is 3.05. The molecule has 1 rings (SSSR count). The van der Waals surface area contributed by atoms with E-state index in [1.54, 1.807) is 11.3 Å². The fourth-order valence-corrected chi connectivity index (χ4v) is 2.71. The Morgan fingerprint density at radius 3 is 2.67 bits per heavy atom. The molecule has 1 heterocycles. The zero-order valence-electron chi connectivity index (χ0n) is 12.4. The normalized spacial score (nSPS) is 13.5. The Kier molecular flexibility index (Phi) is 6.82. The molecule has 0 fully saturated rings. The molecule has 0 aliphatic rings. The Morgan fingerprint density at radius 2 is 2.11 bits per heavy atom. The molecule has 18 heavy (non-hydrogen) atoms. The minimum atomic E-state index is 0.595. The second kappa shape index (κ2) is 7.87. The molecule has 0 aliphatic heterocycles. The first-order valence-electron chi connectivity index (χ1n) is 6.83. The summed E-state index contributed by atoms with van der Waals surface area (Å²) in [6.07, 6.45) is 2.49. The number of nitrogens with one attached hydrogen (secondary N) is 1. The zero-order chi connectivity index (χ0) is 13.5. The summed E-state index contributed by atoms with van der Waals surface area (Å²) < 4.78 is 0. The van der Waals surface area contributed by atoms with Crippen LogP contribution in [-0.2, 0) is 6.54 Å². The molecule has 1 atom stereocenters. The molecule has 1 N–H and O–H groups in total. The number of thiazole rings is 1. The van der Waals surface area contributed by atoms with Gasteiger partial charge in [0, 0.05) is 23.5 Å². The van der Waals surface area contributed by atoms with E-state index in [2.05, 4.69) is 49.9 Å². The summed E-state index contributed by atoms with van der Waals surface area (Å²) in [5.74, 6) is 0. The SMILES string of the molecule is Cc1ncsc1CN(C)C(C)CCCNC(C)C. The van der Waals surface area contributed by atoms with Gasteiger partial charge < -0.3 is 5.32 Å². The van der Waals surface area contributed by atoms with Crippen molar-refractivity contribution in [3.63, 3.8) is 0 Å². The van der Waals surface area contributed by atoms with Crippen LogP contribution in [0, 0.1) is 6.92 Å². The van der Waals surface area contributed by atoms with Crippen LogP contribution in [0.4, 0.5) is 0 Å². The van der Waals surface area contributed by atoms with Crippen LogP contribution < -0.4 is 5.32 Å². The Bertz CT molecular complexity index is 336. The molecule has 104 valence electrons. The second-order valence-corrected chi connectivity index (χ2v) is 6.32. The van der Waals surface area contributed by atoms with E-state index in [4.69, 9.17) is 0 Å². The summed E-state index contributed by atoms with van der Waals surface area (Å²) in [7, 11) is 2.21. The molecular formula is C14H27N3S. The number of rotatable bonds is 8. The highest BCUT2D eigenvalue weighted by atomic mass is 32.1. The third kappa shape index (κ3) is 5.46. The Hall–Kier alpha value is -0.450. The van der Waals surface area contributed by atoms with Crippen LogP contribution in [0.25, 0.3) is 0 Å². The molecule has 0 spiro atoms. The number of aromatic nitrogens is 1. The van der Waals surface area contributed by atoms with E-state index in [9.17, 15) is 0 Å². The fourth-order valence-electron chi connectivity index (χ4n) is 1.87. The number of hydrogen-bond acceptors (Lipinski definition) is 4. The maximum absolute atomic E-state index is 4.31. The van der Waals surface area contributed by atoms with Gasteiger partial charge in [-0.05, 0) is 40.3 Å². The van der Waals surface area contributed by atoms with E-state index < -0.39 is 0 Å². The van der Waals surface area contributed by atoms with Crippen molar-refractivity contribution in [3.8, 4) is 0 Å². The first kappa shape index (κ1) is 15.6. The van der Waals surface area contributed by atoms with Gasteiger partial charge in [-0.25, -0.2) is 4.98 Å². The molecule has 1 aromatic rings. The van der Waals surface area contributed by atoms with Gasteiger partial charge in [-0.2, -0.15) is 0 Å². The maximum atomic E-state index is 4.31. The summed E-state index contributed by atoms with van der Waals surface area (Å²) in [4.78, 5) is 8.13. The summed E-state index contributed by atoms with van der Waals surface area (Å²) in [6.45, 7) is 10.9. The molecule has 0 aromatic carbocycles. The van der Waals surface area contributed by atoms with Crippen LogP contribution in [0.5, 0.6) is 0 Å². The van der Waals surface area contributed by atoms with Crippen LogP contribution in [-0.4, -0.2) is 35.6 Å². The fraction of sp³-hybridized carbons (Fsp3) is 0.786. The molecule has 0 bridgehead atoms. The van der Waals surface area contributed by atoms with Gasteiger partial charge in [0.1, 0.15) is 0 Å². The first-order chi connectivity index (χ1) is 8.50. The van der Waals surface area contributed by atoms with E-state index in [0.29, 0.717) is 12.1 Å². The van der Waals surface area contributed by atoms with Crippen molar-refractivity contribution in [2.24, 2.45) is 0 Å². The van der Waals surface area contributed by atoms with Crippen molar-refractivity contribution in [3.05, 3.63) is 16.1 Å². The van der Waals surface area contributed by atoms with Gasteiger partial charge in [-0.1, -0.05) is 13.8 Å². The number of nitrogens with zero attached hydrogens (tertiary/aromatic N) is 2. The molecule has 1 unspecified atom stereocenters. The average molecular weight is 269 g/mol. The molecule has 0 amide bonds. The molecule has 4 heteroatoms. The highest BCUT2D eigenvalue weighted by Crippen LogP contribution is 2.16. The molecule has 0 radical (unpaired) electrons. The third-order valence-electron chi connectivity index (χ3n) is 3.34. The van der Waals surface area contributed by atoms with Gasteiger partial charge in [0.2, 0.25) is 0 Å². The first-order valence-corrected chi connectivity index (χ1v) is 7.71. The summed E-state index contributed by atoms with van der Waals surface area (Å²) in [5, 5.41) is 3.47. The van der Waals surface area contributed by atoms with Crippen LogP contribution in [0.2, 0.25) is 0 Å². The van der Waals surface area contributed by atoms with E-state index >= 15 is 0 Å². The van der Waals surface area contributed by atoms with Crippen LogP contribution in [0.1, 0.15) is 44.2 Å². The topological polar surface area (TPSA) is 28.2 Å². The molecular weight excluding hydrogens is 242 g/mol. The Morgan fingerprint density at radius 1 is 1.39 bits per heavy atom. The van der Waals surface area contributed by atoms with Crippen LogP contribution in [0.3, 0.4) is 0 Å². The highest BCUT2D eigenvalue weighted by molar-refractivity contribution is 7.09. The largest absolute Gasteiger partial charge is 0.315 e. The minimum absolute atomic E-state index is 0.595. The Labute approximate surface area is 116 Å². The van der Waals surface area contributed by atoms with Crippen LogP contribution in [0.15, 0.2) is 5.51 Å². The van der Waals surface area contributed by atoms with Gasteiger partial charge in [-0.15, -0.1) is 11.3 Å². The summed E-state index contributed by atoms with van der Waals surface area (Å²) in [5.41, 5.74) is 3.12.